The van der Waals surface area contributed by atoms with E-state index >= 15 is 0 Å². The van der Waals surface area contributed by atoms with Crippen molar-refractivity contribution in [1.29, 1.82) is 0 Å². The van der Waals surface area contributed by atoms with Gasteiger partial charge in [-0.3, -0.25) is 9.59 Å². The second kappa shape index (κ2) is 16.2. The number of hydrogen-bond acceptors (Lipinski definition) is 14. The van der Waals surface area contributed by atoms with E-state index in [1.165, 1.54) is 0 Å². The lowest BCUT2D eigenvalue weighted by Crippen LogP contribution is -2.60. The molecule has 6 N–H and O–H groups in total. The second-order valence-corrected chi connectivity index (χ2v) is 10.5. The molecule has 2 fully saturated rings. The molecule has 0 radical (unpaired) electrons. The summed E-state index contributed by atoms with van der Waals surface area (Å²) in [6, 6.07) is 17.4. The Kier molecular flexibility index (Phi) is 12.4. The third-order valence-corrected chi connectivity index (χ3v) is 7.17. The molecule has 4 rings (SSSR count). The maximum atomic E-state index is 12.2. The molecule has 2 aliphatic rings. The number of carbonyl (C=O) groups is 2. The predicted molar refractivity (Wildman–Crippen MR) is 147 cm³/mol. The fraction of sp³-hybridized carbons (Fsp3) is 0.533. The van der Waals surface area contributed by atoms with Crippen LogP contribution in [0.4, 0.5) is 0 Å². The zero-order valence-corrected chi connectivity index (χ0v) is 23.7. The highest BCUT2D eigenvalue weighted by Crippen LogP contribution is 2.25. The van der Waals surface area contributed by atoms with E-state index in [9.17, 15) is 40.2 Å². The monoisotopic (exact) mass is 622 g/mol. The van der Waals surface area contributed by atoms with Gasteiger partial charge in [-0.25, -0.2) is 0 Å². The Hall–Kier alpha value is -3.18. The van der Waals surface area contributed by atoms with Crippen LogP contribution in [0.15, 0.2) is 60.7 Å². The van der Waals surface area contributed by atoms with E-state index in [1.54, 1.807) is 42.5 Å². The minimum atomic E-state index is -1.61. The molecule has 10 atom stereocenters. The maximum Gasteiger partial charge on any atom is 0.305 e. The van der Waals surface area contributed by atoms with Gasteiger partial charge in [-0.2, -0.15) is 0 Å². The molecule has 2 saturated heterocycles. The van der Waals surface area contributed by atoms with Gasteiger partial charge in [0.2, 0.25) is 6.29 Å². The third kappa shape index (κ3) is 9.17. The van der Waals surface area contributed by atoms with E-state index in [2.05, 4.69) is 0 Å². The molecule has 44 heavy (non-hydrogen) atoms. The van der Waals surface area contributed by atoms with Crippen LogP contribution in [0.2, 0.25) is 0 Å². The summed E-state index contributed by atoms with van der Waals surface area (Å²) in [6.07, 6.45) is -14.7. The molecule has 2 heterocycles. The van der Waals surface area contributed by atoms with E-state index in [-0.39, 0.29) is 25.9 Å². The van der Waals surface area contributed by atoms with Gasteiger partial charge in [0.1, 0.15) is 67.8 Å². The largest absolute Gasteiger partial charge is 0.463 e. The molecule has 0 aromatic heterocycles. The smallest absolute Gasteiger partial charge is 0.305 e. The first-order valence-electron chi connectivity index (χ1n) is 14.2. The number of ether oxygens (including phenoxy) is 6. The molecular weight excluding hydrogens is 584 g/mol. The van der Waals surface area contributed by atoms with Gasteiger partial charge >= 0.3 is 11.9 Å². The van der Waals surface area contributed by atoms with Crippen molar-refractivity contribution in [2.45, 2.75) is 87.3 Å². The molecule has 2 aliphatic heterocycles. The van der Waals surface area contributed by atoms with Crippen LogP contribution in [0.5, 0.6) is 5.75 Å². The molecule has 242 valence electrons. The summed E-state index contributed by atoms with van der Waals surface area (Å²) in [5, 5.41) is 61.4. The highest BCUT2D eigenvalue weighted by atomic mass is 16.7. The molecule has 2 aromatic carbocycles. The number of aliphatic hydroxyl groups is 6. The summed E-state index contributed by atoms with van der Waals surface area (Å²) >= 11 is 0. The van der Waals surface area contributed by atoms with Crippen LogP contribution in [0, 0.1) is 0 Å². The highest BCUT2D eigenvalue weighted by molar-refractivity contribution is 5.72. The van der Waals surface area contributed by atoms with Crippen molar-refractivity contribution < 1.29 is 68.6 Å². The Morgan fingerprint density at radius 1 is 0.614 bits per heavy atom. The van der Waals surface area contributed by atoms with E-state index in [0.29, 0.717) is 5.75 Å². The van der Waals surface area contributed by atoms with Crippen molar-refractivity contribution in [3.8, 4) is 5.75 Å². The molecule has 0 unspecified atom stereocenters. The number of hydrogen-bond donors (Lipinski definition) is 6. The van der Waals surface area contributed by atoms with Crippen molar-refractivity contribution in [2.24, 2.45) is 0 Å². The number of rotatable bonds is 13. The van der Waals surface area contributed by atoms with E-state index < -0.39 is 86.6 Å². The predicted octanol–water partition coefficient (Wildman–Crippen LogP) is -0.846. The number of benzene rings is 2. The van der Waals surface area contributed by atoms with E-state index in [0.717, 1.165) is 5.56 Å². The van der Waals surface area contributed by atoms with Crippen LogP contribution >= 0.6 is 0 Å². The Balaban J connectivity index is 1.15. The molecule has 0 saturated carbocycles. The van der Waals surface area contributed by atoms with Crippen LogP contribution in [0.1, 0.15) is 24.8 Å². The van der Waals surface area contributed by atoms with Gasteiger partial charge in [0.25, 0.3) is 0 Å². The summed E-state index contributed by atoms with van der Waals surface area (Å²) in [6.45, 7) is -0.803. The summed E-state index contributed by atoms with van der Waals surface area (Å²) in [5.74, 6) is -1.06. The van der Waals surface area contributed by atoms with Crippen LogP contribution < -0.4 is 4.74 Å². The number of aliphatic hydroxyl groups excluding tert-OH is 6. The first-order chi connectivity index (χ1) is 21.1. The van der Waals surface area contributed by atoms with E-state index in [1.807, 2.05) is 18.2 Å². The summed E-state index contributed by atoms with van der Waals surface area (Å²) in [4.78, 5) is 24.5. The highest BCUT2D eigenvalue weighted by Gasteiger charge is 2.46. The first-order valence-corrected chi connectivity index (χ1v) is 14.2. The van der Waals surface area contributed by atoms with Crippen LogP contribution in [0.3, 0.4) is 0 Å². The van der Waals surface area contributed by atoms with Crippen molar-refractivity contribution in [3.05, 3.63) is 66.2 Å². The Bertz CT molecular complexity index is 1170. The molecule has 0 amide bonds. The number of para-hydroxylation sites is 1. The summed E-state index contributed by atoms with van der Waals surface area (Å²) in [7, 11) is 0. The van der Waals surface area contributed by atoms with Crippen molar-refractivity contribution >= 4 is 11.9 Å². The van der Waals surface area contributed by atoms with Crippen molar-refractivity contribution in [3.63, 3.8) is 0 Å². The number of carbonyl (C=O) groups excluding carboxylic acids is 2. The Morgan fingerprint density at radius 3 is 1.64 bits per heavy atom. The third-order valence-electron chi connectivity index (χ3n) is 7.17. The van der Waals surface area contributed by atoms with E-state index in [4.69, 9.17) is 28.4 Å². The molecule has 0 bridgehead atoms. The molecule has 0 aliphatic carbocycles. The van der Waals surface area contributed by atoms with Gasteiger partial charge in [0, 0.05) is 12.8 Å². The van der Waals surface area contributed by atoms with Crippen molar-refractivity contribution in [1.82, 2.24) is 0 Å². The SMILES string of the molecule is O=C(CCCC(=O)OC[C@H]1O[C@@H](Oc2ccccc2)[C@H](O)[C@@H](O)[C@@H]1O)OC[C@H]1O[C@H](OCc2ccccc2)[C@@H](O)[C@@H](O)[C@@H]1O. The van der Waals surface area contributed by atoms with Gasteiger partial charge in [0.15, 0.2) is 6.29 Å². The minimum absolute atomic E-state index is 0.0467. The van der Waals surface area contributed by atoms with Crippen molar-refractivity contribution in [2.75, 3.05) is 13.2 Å². The molecular formula is C30H38O14. The standard InChI is InChI=1S/C30H38O14/c31-21(39-15-19-23(33)25(35)27(37)29(43-19)41-14-17-8-3-1-4-9-17)12-7-13-22(32)40-16-20-24(34)26(36)28(38)30(44-20)42-18-10-5-2-6-11-18/h1-6,8-11,19-20,23-30,33-38H,7,12-16H2/t19-,20-,23-,24-,25+,26+,27+,28-,29+,30-/m1/s1. The fourth-order valence-corrected chi connectivity index (χ4v) is 4.60. The Morgan fingerprint density at radius 2 is 1.09 bits per heavy atom. The molecule has 2 aromatic rings. The Labute approximate surface area is 253 Å². The van der Waals surface area contributed by atoms with Gasteiger partial charge < -0.3 is 59.1 Å². The fourth-order valence-electron chi connectivity index (χ4n) is 4.60. The molecule has 14 nitrogen and oxygen atoms in total. The quantitative estimate of drug-likeness (QED) is 0.150. The zero-order valence-electron chi connectivity index (χ0n) is 23.7. The minimum Gasteiger partial charge on any atom is -0.463 e. The lowest BCUT2D eigenvalue weighted by molar-refractivity contribution is -0.304. The number of esters is 2. The normalized spacial score (nSPS) is 32.0. The van der Waals surface area contributed by atoms with Gasteiger partial charge in [0.05, 0.1) is 6.61 Å². The lowest BCUT2D eigenvalue weighted by atomic mass is 9.99. The zero-order chi connectivity index (χ0) is 31.6. The van der Waals surface area contributed by atoms with Gasteiger partial charge in [-0.15, -0.1) is 0 Å². The van der Waals surface area contributed by atoms with Gasteiger partial charge in [-0.1, -0.05) is 48.5 Å². The van der Waals surface area contributed by atoms with Gasteiger partial charge in [-0.05, 0) is 24.1 Å². The molecule has 14 heteroatoms. The first kappa shape index (κ1) is 33.7. The van der Waals surface area contributed by atoms with Crippen LogP contribution in [0.25, 0.3) is 0 Å². The average molecular weight is 623 g/mol. The summed E-state index contributed by atoms with van der Waals surface area (Å²) < 4.78 is 32.4. The summed E-state index contributed by atoms with van der Waals surface area (Å²) in [5.41, 5.74) is 0.797. The average Bonchev–Trinajstić information content (AvgIpc) is 3.03. The molecule has 0 spiro atoms. The lowest BCUT2D eigenvalue weighted by Gasteiger charge is -2.40. The topological polar surface area (TPSA) is 211 Å². The van der Waals surface area contributed by atoms with Crippen LogP contribution in [-0.2, 0) is 39.9 Å². The maximum absolute atomic E-state index is 12.2. The van der Waals surface area contributed by atoms with Crippen LogP contribution in [-0.4, -0.2) is 117 Å². The second-order valence-electron chi connectivity index (χ2n) is 10.5.